The summed E-state index contributed by atoms with van der Waals surface area (Å²) in [5, 5.41) is 9.01. The van der Waals surface area contributed by atoms with Crippen molar-refractivity contribution in [2.45, 2.75) is 27.2 Å². The molecule has 0 unspecified atom stereocenters. The highest BCUT2D eigenvalue weighted by Crippen LogP contribution is 2.25. The summed E-state index contributed by atoms with van der Waals surface area (Å²) < 4.78 is 5.71. The van der Waals surface area contributed by atoms with E-state index in [1.54, 1.807) is 25.1 Å². The number of aromatic nitrogens is 2. The Hall–Kier alpha value is -2.43. The fourth-order valence-electron chi connectivity index (χ4n) is 1.79. The van der Waals surface area contributed by atoms with Crippen LogP contribution in [0.1, 0.15) is 34.4 Å². The zero-order valence-corrected chi connectivity index (χ0v) is 11.7. The number of ether oxygens (including phenoxy) is 1. The van der Waals surface area contributed by atoms with E-state index in [2.05, 4.69) is 9.97 Å². The van der Waals surface area contributed by atoms with E-state index < -0.39 is 5.97 Å². The van der Waals surface area contributed by atoms with Crippen LogP contribution in [0.3, 0.4) is 0 Å². The first-order valence-electron chi connectivity index (χ1n) is 6.36. The van der Waals surface area contributed by atoms with Gasteiger partial charge in [0.25, 0.3) is 0 Å². The molecule has 1 aromatic carbocycles. The van der Waals surface area contributed by atoms with E-state index in [0.29, 0.717) is 17.5 Å². The lowest BCUT2D eigenvalue weighted by molar-refractivity contribution is 0.0696. The SMILES string of the molecule is CCc1cc(Oc2cc(C(=O)O)ccc2C)nc(C)n1. The fourth-order valence-corrected chi connectivity index (χ4v) is 1.79. The lowest BCUT2D eigenvalue weighted by Gasteiger charge is -2.10. The number of aromatic carboxylic acids is 1. The summed E-state index contributed by atoms with van der Waals surface area (Å²) >= 11 is 0. The maximum absolute atomic E-state index is 11.0. The number of carboxylic acid groups (broad SMARTS) is 1. The predicted octanol–water partition coefficient (Wildman–Crippen LogP) is 3.15. The first-order chi connectivity index (χ1) is 9.49. The summed E-state index contributed by atoms with van der Waals surface area (Å²) in [5.74, 6) is 0.569. The lowest BCUT2D eigenvalue weighted by atomic mass is 10.1. The van der Waals surface area contributed by atoms with Crippen molar-refractivity contribution in [3.8, 4) is 11.6 Å². The number of carbonyl (C=O) groups is 1. The number of hydrogen-bond donors (Lipinski definition) is 1. The second-order valence-corrected chi connectivity index (χ2v) is 4.49. The molecular formula is C15H16N2O3. The van der Waals surface area contributed by atoms with E-state index in [1.165, 1.54) is 6.07 Å². The molecule has 5 nitrogen and oxygen atoms in total. The quantitative estimate of drug-likeness (QED) is 0.925. The molecule has 2 aromatic rings. The van der Waals surface area contributed by atoms with E-state index in [9.17, 15) is 4.79 Å². The highest BCUT2D eigenvalue weighted by Gasteiger charge is 2.09. The van der Waals surface area contributed by atoms with Crippen molar-refractivity contribution in [1.82, 2.24) is 9.97 Å². The Morgan fingerprint density at radius 1 is 1.25 bits per heavy atom. The van der Waals surface area contributed by atoms with Gasteiger partial charge in [0.05, 0.1) is 5.56 Å². The van der Waals surface area contributed by atoms with Crippen molar-refractivity contribution in [2.24, 2.45) is 0 Å². The summed E-state index contributed by atoms with van der Waals surface area (Å²) in [4.78, 5) is 19.5. The van der Waals surface area contributed by atoms with E-state index in [1.807, 2.05) is 13.8 Å². The largest absolute Gasteiger partial charge is 0.478 e. The van der Waals surface area contributed by atoms with Gasteiger partial charge in [0, 0.05) is 11.8 Å². The molecule has 104 valence electrons. The van der Waals surface area contributed by atoms with Crippen LogP contribution in [0.5, 0.6) is 11.6 Å². The van der Waals surface area contributed by atoms with Crippen LogP contribution in [-0.2, 0) is 6.42 Å². The molecule has 1 N–H and O–H groups in total. The third-order valence-electron chi connectivity index (χ3n) is 2.88. The molecule has 5 heteroatoms. The van der Waals surface area contributed by atoms with E-state index in [-0.39, 0.29) is 5.56 Å². The molecule has 0 radical (unpaired) electrons. The Morgan fingerprint density at radius 3 is 2.65 bits per heavy atom. The van der Waals surface area contributed by atoms with E-state index >= 15 is 0 Å². The van der Waals surface area contributed by atoms with Gasteiger partial charge in [-0.2, -0.15) is 4.98 Å². The summed E-state index contributed by atoms with van der Waals surface area (Å²) in [6, 6.07) is 6.53. The van der Waals surface area contributed by atoms with E-state index in [0.717, 1.165) is 17.7 Å². The van der Waals surface area contributed by atoms with Crippen LogP contribution in [-0.4, -0.2) is 21.0 Å². The summed E-state index contributed by atoms with van der Waals surface area (Å²) in [6.45, 7) is 5.66. The Labute approximate surface area is 117 Å². The van der Waals surface area contributed by atoms with Crippen molar-refractivity contribution in [2.75, 3.05) is 0 Å². The van der Waals surface area contributed by atoms with Crippen molar-refractivity contribution in [3.05, 3.63) is 46.9 Å². The monoisotopic (exact) mass is 272 g/mol. The highest BCUT2D eigenvalue weighted by atomic mass is 16.5. The van der Waals surface area contributed by atoms with Crippen molar-refractivity contribution >= 4 is 5.97 Å². The van der Waals surface area contributed by atoms with E-state index in [4.69, 9.17) is 9.84 Å². The first kappa shape index (κ1) is 14.0. The lowest BCUT2D eigenvalue weighted by Crippen LogP contribution is -2.00. The molecule has 0 aliphatic heterocycles. The molecule has 0 fully saturated rings. The zero-order valence-electron chi connectivity index (χ0n) is 11.7. The highest BCUT2D eigenvalue weighted by molar-refractivity contribution is 5.88. The van der Waals surface area contributed by atoms with Crippen LogP contribution in [0, 0.1) is 13.8 Å². The molecule has 1 heterocycles. The van der Waals surface area contributed by atoms with Crippen LogP contribution < -0.4 is 4.74 Å². The summed E-state index contributed by atoms with van der Waals surface area (Å²) in [5.41, 5.74) is 1.93. The van der Waals surface area contributed by atoms with Crippen LogP contribution in [0.2, 0.25) is 0 Å². The average molecular weight is 272 g/mol. The van der Waals surface area contributed by atoms with Gasteiger partial charge in [-0.25, -0.2) is 9.78 Å². The topological polar surface area (TPSA) is 72.3 Å². The van der Waals surface area contributed by atoms with Gasteiger partial charge in [0.2, 0.25) is 5.88 Å². The third kappa shape index (κ3) is 3.12. The number of nitrogens with zero attached hydrogens (tertiary/aromatic N) is 2. The molecule has 0 aliphatic carbocycles. The standard InChI is InChI=1S/C15H16N2O3/c1-4-12-8-14(17-10(3)16-12)20-13-7-11(15(18)19)6-5-9(13)2/h5-8H,4H2,1-3H3,(H,18,19). The normalized spacial score (nSPS) is 10.3. The van der Waals surface area contributed by atoms with Gasteiger partial charge >= 0.3 is 5.97 Å². The van der Waals surface area contributed by atoms with Gasteiger partial charge in [0.1, 0.15) is 11.6 Å². The molecule has 0 aliphatic rings. The summed E-state index contributed by atoms with van der Waals surface area (Å²) in [7, 11) is 0. The Kier molecular flexibility index (Phi) is 3.98. The van der Waals surface area contributed by atoms with Crippen molar-refractivity contribution in [1.29, 1.82) is 0 Å². The Bertz CT molecular complexity index is 654. The van der Waals surface area contributed by atoms with Gasteiger partial charge in [-0.1, -0.05) is 13.0 Å². The molecule has 20 heavy (non-hydrogen) atoms. The van der Waals surface area contributed by atoms with Gasteiger partial charge in [-0.3, -0.25) is 0 Å². The average Bonchev–Trinajstić information content (AvgIpc) is 2.40. The molecule has 2 rings (SSSR count). The number of hydrogen-bond acceptors (Lipinski definition) is 4. The smallest absolute Gasteiger partial charge is 0.335 e. The molecule has 0 bridgehead atoms. The second kappa shape index (κ2) is 5.69. The van der Waals surface area contributed by atoms with Crippen LogP contribution in [0.4, 0.5) is 0 Å². The number of rotatable bonds is 4. The molecule has 1 aromatic heterocycles. The van der Waals surface area contributed by atoms with Gasteiger partial charge in [0.15, 0.2) is 0 Å². The van der Waals surface area contributed by atoms with Crippen LogP contribution in [0.15, 0.2) is 24.3 Å². The maximum atomic E-state index is 11.0. The Balaban J connectivity index is 2.36. The van der Waals surface area contributed by atoms with Gasteiger partial charge in [-0.05, 0) is 38.0 Å². The third-order valence-corrected chi connectivity index (χ3v) is 2.88. The molecule has 0 saturated heterocycles. The maximum Gasteiger partial charge on any atom is 0.335 e. The van der Waals surface area contributed by atoms with Gasteiger partial charge in [-0.15, -0.1) is 0 Å². The van der Waals surface area contributed by atoms with Crippen LogP contribution in [0.25, 0.3) is 0 Å². The first-order valence-corrected chi connectivity index (χ1v) is 6.36. The second-order valence-electron chi connectivity index (χ2n) is 4.49. The van der Waals surface area contributed by atoms with Crippen molar-refractivity contribution in [3.63, 3.8) is 0 Å². The number of aryl methyl sites for hydroxylation is 3. The molecule has 0 atom stereocenters. The number of benzene rings is 1. The predicted molar refractivity (Wildman–Crippen MR) is 74.4 cm³/mol. The summed E-state index contributed by atoms with van der Waals surface area (Å²) in [6.07, 6.45) is 0.786. The molecule has 0 saturated carbocycles. The van der Waals surface area contributed by atoms with Crippen molar-refractivity contribution < 1.29 is 14.6 Å². The molecular weight excluding hydrogens is 256 g/mol. The minimum Gasteiger partial charge on any atom is -0.478 e. The number of carboxylic acids is 1. The van der Waals surface area contributed by atoms with Gasteiger partial charge < -0.3 is 9.84 Å². The zero-order chi connectivity index (χ0) is 14.7. The molecule has 0 amide bonds. The minimum atomic E-state index is -0.983. The fraction of sp³-hybridized carbons (Fsp3) is 0.267. The van der Waals surface area contributed by atoms with Crippen LogP contribution >= 0.6 is 0 Å². The Morgan fingerprint density at radius 2 is 2.00 bits per heavy atom. The minimum absolute atomic E-state index is 0.187. The molecule has 0 spiro atoms.